The van der Waals surface area contributed by atoms with Gasteiger partial charge in [-0.25, -0.2) is 0 Å². The molecule has 0 spiro atoms. The molecule has 1 rings (SSSR count). The lowest BCUT2D eigenvalue weighted by molar-refractivity contribution is 0.0931. The summed E-state index contributed by atoms with van der Waals surface area (Å²) in [6.07, 6.45) is 0. The summed E-state index contributed by atoms with van der Waals surface area (Å²) in [5, 5.41) is 6.57. The second kappa shape index (κ2) is 9.37. The van der Waals surface area contributed by atoms with E-state index >= 15 is 0 Å². The first-order chi connectivity index (χ1) is 9.61. The van der Waals surface area contributed by atoms with Gasteiger partial charge in [-0.15, -0.1) is 0 Å². The van der Waals surface area contributed by atoms with Crippen molar-refractivity contribution in [3.63, 3.8) is 0 Å². The van der Waals surface area contributed by atoms with Crippen LogP contribution in [-0.2, 0) is 11.3 Å². The molecule has 1 aromatic rings. The van der Waals surface area contributed by atoms with Gasteiger partial charge >= 0.3 is 0 Å². The Bertz CT molecular complexity index is 390. The lowest BCUT2D eigenvalue weighted by Crippen LogP contribution is -2.43. The third kappa shape index (κ3) is 7.14. The number of ether oxygens (including phenoxy) is 1. The molecule has 0 aliphatic rings. The van der Waals surface area contributed by atoms with Crippen molar-refractivity contribution in [2.45, 2.75) is 33.4 Å². The molecule has 20 heavy (non-hydrogen) atoms. The van der Waals surface area contributed by atoms with Crippen LogP contribution in [0.15, 0.2) is 35.3 Å². The molecule has 0 amide bonds. The summed E-state index contributed by atoms with van der Waals surface area (Å²) in [6, 6.07) is 10.6. The highest BCUT2D eigenvalue weighted by Gasteiger charge is 2.05. The molecule has 0 bridgehead atoms. The first-order valence-corrected chi connectivity index (χ1v) is 7.20. The van der Waals surface area contributed by atoms with Gasteiger partial charge in [0, 0.05) is 19.6 Å². The Labute approximate surface area is 122 Å². The van der Waals surface area contributed by atoms with Crippen LogP contribution in [0.5, 0.6) is 0 Å². The molecule has 1 atom stereocenters. The Morgan fingerprint density at radius 2 is 1.90 bits per heavy atom. The van der Waals surface area contributed by atoms with Gasteiger partial charge in [0.15, 0.2) is 5.96 Å². The molecule has 0 aliphatic carbocycles. The van der Waals surface area contributed by atoms with Crippen LogP contribution in [-0.4, -0.2) is 32.2 Å². The zero-order valence-electron chi connectivity index (χ0n) is 13.0. The molecule has 0 heterocycles. The van der Waals surface area contributed by atoms with E-state index in [0.29, 0.717) is 18.6 Å². The van der Waals surface area contributed by atoms with E-state index in [1.807, 2.05) is 18.2 Å². The third-order valence-electron chi connectivity index (χ3n) is 2.78. The molecule has 2 N–H and O–H groups in total. The van der Waals surface area contributed by atoms with Crippen molar-refractivity contribution < 1.29 is 4.74 Å². The molecule has 0 saturated carbocycles. The summed E-state index contributed by atoms with van der Waals surface area (Å²) in [5.41, 5.74) is 1.21. The fourth-order valence-corrected chi connectivity index (χ4v) is 1.75. The van der Waals surface area contributed by atoms with Crippen LogP contribution in [0.3, 0.4) is 0 Å². The highest BCUT2D eigenvalue weighted by Crippen LogP contribution is 2.02. The fourth-order valence-electron chi connectivity index (χ4n) is 1.75. The summed E-state index contributed by atoms with van der Waals surface area (Å²) in [5.74, 6) is 1.28. The van der Waals surface area contributed by atoms with E-state index in [-0.39, 0.29) is 0 Å². The summed E-state index contributed by atoms with van der Waals surface area (Å²) in [4.78, 5) is 4.18. The summed E-state index contributed by atoms with van der Waals surface area (Å²) in [7, 11) is 1.79. The Balaban J connectivity index is 2.18. The lowest BCUT2D eigenvalue weighted by atomic mass is 10.2. The number of nitrogens with zero attached hydrogens (tertiary/aromatic N) is 1. The second-order valence-electron chi connectivity index (χ2n) is 5.36. The van der Waals surface area contributed by atoms with Crippen LogP contribution in [0.25, 0.3) is 0 Å². The summed E-state index contributed by atoms with van der Waals surface area (Å²) < 4.78 is 5.73. The molecule has 0 saturated heterocycles. The van der Waals surface area contributed by atoms with Gasteiger partial charge in [0.25, 0.3) is 0 Å². The van der Waals surface area contributed by atoms with Crippen LogP contribution in [0.1, 0.15) is 26.3 Å². The largest absolute Gasteiger partial charge is 0.376 e. The molecular formula is C16H27N3O. The van der Waals surface area contributed by atoms with Crippen LogP contribution in [0.4, 0.5) is 0 Å². The monoisotopic (exact) mass is 277 g/mol. The Morgan fingerprint density at radius 3 is 2.50 bits per heavy atom. The molecule has 1 unspecified atom stereocenters. The van der Waals surface area contributed by atoms with E-state index in [0.717, 1.165) is 19.1 Å². The highest BCUT2D eigenvalue weighted by molar-refractivity contribution is 5.79. The standard InChI is InChI=1S/C16H27N3O/c1-13(2)19-16(17-4)18-10-14(3)11-20-12-15-8-6-5-7-9-15/h5-9,13-14H,10-12H2,1-4H3,(H2,17,18,19). The number of hydrogen-bond donors (Lipinski definition) is 2. The number of guanidine groups is 1. The van der Waals surface area contributed by atoms with Crippen LogP contribution in [0.2, 0.25) is 0 Å². The maximum atomic E-state index is 5.73. The maximum absolute atomic E-state index is 5.73. The quantitative estimate of drug-likeness (QED) is 0.594. The molecule has 0 radical (unpaired) electrons. The van der Waals surface area contributed by atoms with Crippen molar-refractivity contribution in [3.8, 4) is 0 Å². The number of hydrogen-bond acceptors (Lipinski definition) is 2. The Morgan fingerprint density at radius 1 is 1.20 bits per heavy atom. The van der Waals surface area contributed by atoms with Crippen molar-refractivity contribution in [3.05, 3.63) is 35.9 Å². The fraction of sp³-hybridized carbons (Fsp3) is 0.562. The van der Waals surface area contributed by atoms with E-state index in [1.165, 1.54) is 5.56 Å². The van der Waals surface area contributed by atoms with Crippen molar-refractivity contribution >= 4 is 5.96 Å². The minimum absolute atomic E-state index is 0.380. The minimum Gasteiger partial charge on any atom is -0.376 e. The van der Waals surface area contributed by atoms with Crippen molar-refractivity contribution in [2.24, 2.45) is 10.9 Å². The Kier molecular flexibility index (Phi) is 7.73. The molecular weight excluding hydrogens is 250 g/mol. The van der Waals surface area contributed by atoms with Crippen LogP contribution >= 0.6 is 0 Å². The maximum Gasteiger partial charge on any atom is 0.191 e. The van der Waals surface area contributed by atoms with Gasteiger partial charge in [-0.1, -0.05) is 37.3 Å². The number of nitrogens with one attached hydrogen (secondary N) is 2. The number of rotatable bonds is 7. The Hall–Kier alpha value is -1.55. The van der Waals surface area contributed by atoms with Gasteiger partial charge in [0.2, 0.25) is 0 Å². The van der Waals surface area contributed by atoms with E-state index in [1.54, 1.807) is 7.05 Å². The second-order valence-corrected chi connectivity index (χ2v) is 5.36. The average molecular weight is 277 g/mol. The summed E-state index contributed by atoms with van der Waals surface area (Å²) in [6.45, 7) is 8.62. The van der Waals surface area contributed by atoms with Crippen LogP contribution in [0, 0.1) is 5.92 Å². The van der Waals surface area contributed by atoms with Crippen molar-refractivity contribution in [1.82, 2.24) is 10.6 Å². The van der Waals surface area contributed by atoms with Gasteiger partial charge in [0.1, 0.15) is 0 Å². The van der Waals surface area contributed by atoms with Gasteiger partial charge in [-0.3, -0.25) is 4.99 Å². The summed E-state index contributed by atoms with van der Waals surface area (Å²) >= 11 is 0. The zero-order chi connectivity index (χ0) is 14.8. The van der Waals surface area contributed by atoms with E-state index < -0.39 is 0 Å². The first-order valence-electron chi connectivity index (χ1n) is 7.20. The van der Waals surface area contributed by atoms with Gasteiger partial charge in [-0.05, 0) is 25.3 Å². The molecule has 4 heteroatoms. The third-order valence-corrected chi connectivity index (χ3v) is 2.78. The van der Waals surface area contributed by atoms with Crippen LogP contribution < -0.4 is 10.6 Å². The minimum atomic E-state index is 0.380. The molecule has 4 nitrogen and oxygen atoms in total. The normalized spacial score (nSPS) is 13.3. The zero-order valence-corrected chi connectivity index (χ0v) is 13.0. The van der Waals surface area contributed by atoms with Crippen molar-refractivity contribution in [2.75, 3.05) is 20.2 Å². The topological polar surface area (TPSA) is 45.7 Å². The number of aliphatic imine (C=N–C) groups is 1. The molecule has 0 aromatic heterocycles. The predicted molar refractivity (Wildman–Crippen MR) is 84.9 cm³/mol. The van der Waals surface area contributed by atoms with Gasteiger partial charge in [-0.2, -0.15) is 0 Å². The molecule has 0 aliphatic heterocycles. The van der Waals surface area contributed by atoms with Crippen molar-refractivity contribution in [1.29, 1.82) is 0 Å². The van der Waals surface area contributed by atoms with Gasteiger partial charge in [0.05, 0.1) is 13.2 Å². The highest BCUT2D eigenvalue weighted by atomic mass is 16.5. The SMILES string of the molecule is CN=C(NCC(C)COCc1ccccc1)NC(C)C. The van der Waals surface area contributed by atoms with E-state index in [2.05, 4.69) is 48.5 Å². The molecule has 0 fully saturated rings. The smallest absolute Gasteiger partial charge is 0.191 e. The van der Waals surface area contributed by atoms with E-state index in [9.17, 15) is 0 Å². The molecule has 112 valence electrons. The molecule has 1 aromatic carbocycles. The predicted octanol–water partition coefficient (Wildman–Crippen LogP) is 2.41. The lowest BCUT2D eigenvalue weighted by Gasteiger charge is -2.17. The average Bonchev–Trinajstić information content (AvgIpc) is 2.44. The number of benzene rings is 1. The van der Waals surface area contributed by atoms with E-state index in [4.69, 9.17) is 4.74 Å². The van der Waals surface area contributed by atoms with Gasteiger partial charge < -0.3 is 15.4 Å². The first kappa shape index (κ1) is 16.5.